The molecule has 1 aromatic carbocycles. The first-order valence-corrected chi connectivity index (χ1v) is 14.2. The zero-order chi connectivity index (χ0) is 25.5. The molecule has 1 aromatic heterocycles. The lowest BCUT2D eigenvalue weighted by molar-refractivity contribution is 0.00660. The molecule has 1 amide bonds. The van der Waals surface area contributed by atoms with Gasteiger partial charge < -0.3 is 19.5 Å². The first kappa shape index (κ1) is 29.7. The SMILES string of the molecule is CCN(CCNC(=O)c1cnc2cc(I)ccc2n1)CCOCCOCCOCCOS(C)(=O)=O. The summed E-state index contributed by atoms with van der Waals surface area (Å²) in [6, 6.07) is 5.72. The highest BCUT2D eigenvalue weighted by Crippen LogP contribution is 2.13. The average molecular weight is 624 g/mol. The van der Waals surface area contributed by atoms with Gasteiger partial charge in [-0.25, -0.2) is 4.98 Å². The molecule has 13 heteroatoms. The van der Waals surface area contributed by atoms with Crippen molar-refractivity contribution in [2.24, 2.45) is 0 Å². The van der Waals surface area contributed by atoms with Crippen LogP contribution in [0, 0.1) is 3.57 Å². The van der Waals surface area contributed by atoms with Gasteiger partial charge in [-0.2, -0.15) is 8.42 Å². The number of benzene rings is 1. The van der Waals surface area contributed by atoms with Crippen LogP contribution in [0.15, 0.2) is 24.4 Å². The number of aromatic nitrogens is 2. The highest BCUT2D eigenvalue weighted by Gasteiger charge is 2.10. The van der Waals surface area contributed by atoms with Crippen LogP contribution in [-0.2, 0) is 28.5 Å². The molecule has 2 aromatic rings. The first-order chi connectivity index (χ1) is 16.8. The quantitative estimate of drug-likeness (QED) is 0.147. The molecule has 11 nitrogen and oxygen atoms in total. The number of hydrogen-bond donors (Lipinski definition) is 1. The number of rotatable bonds is 18. The number of nitrogens with zero attached hydrogens (tertiary/aromatic N) is 3. The Morgan fingerprint density at radius 1 is 1.00 bits per heavy atom. The predicted octanol–water partition coefficient (Wildman–Crippen LogP) is 1.31. The second kappa shape index (κ2) is 16.3. The molecule has 0 saturated carbocycles. The minimum Gasteiger partial charge on any atom is -0.378 e. The van der Waals surface area contributed by atoms with Crippen molar-refractivity contribution in [3.8, 4) is 0 Å². The summed E-state index contributed by atoms with van der Waals surface area (Å²) in [5.74, 6) is -0.241. The molecule has 0 aliphatic carbocycles. The Labute approximate surface area is 220 Å². The summed E-state index contributed by atoms with van der Waals surface area (Å²) in [4.78, 5) is 23.3. The van der Waals surface area contributed by atoms with Gasteiger partial charge in [0.05, 0.1) is 69.7 Å². The zero-order valence-corrected chi connectivity index (χ0v) is 23.0. The number of ether oxygens (including phenoxy) is 3. The fourth-order valence-electron chi connectivity index (χ4n) is 2.92. The standard InChI is InChI=1S/C22H33IN4O7S/c1-3-27(8-9-31-10-11-32-12-13-33-14-15-34-35(2,29)30)7-6-24-22(28)21-17-25-20-16-18(23)4-5-19(20)26-21/h4-5,16-17H,3,6-15H2,1-2H3,(H,24,28). The fourth-order valence-corrected chi connectivity index (χ4v) is 3.76. The zero-order valence-electron chi connectivity index (χ0n) is 20.1. The Morgan fingerprint density at radius 2 is 1.66 bits per heavy atom. The second-order valence-electron chi connectivity index (χ2n) is 7.44. The van der Waals surface area contributed by atoms with E-state index >= 15 is 0 Å². The molecule has 0 atom stereocenters. The van der Waals surface area contributed by atoms with E-state index in [1.807, 2.05) is 18.2 Å². The van der Waals surface area contributed by atoms with E-state index in [1.165, 1.54) is 6.20 Å². The summed E-state index contributed by atoms with van der Waals surface area (Å²) < 4.78 is 43.4. The highest BCUT2D eigenvalue weighted by molar-refractivity contribution is 14.1. The van der Waals surface area contributed by atoms with Gasteiger partial charge in [-0.05, 0) is 47.3 Å². The van der Waals surface area contributed by atoms with Gasteiger partial charge in [-0.1, -0.05) is 6.92 Å². The molecular formula is C22H33IN4O7S. The summed E-state index contributed by atoms with van der Waals surface area (Å²) in [7, 11) is -3.43. The Bertz CT molecular complexity index is 1030. The van der Waals surface area contributed by atoms with E-state index in [0.717, 1.165) is 28.4 Å². The van der Waals surface area contributed by atoms with Crippen LogP contribution in [0.4, 0.5) is 0 Å². The summed E-state index contributed by atoms with van der Waals surface area (Å²) in [6.07, 6.45) is 2.50. The third-order valence-corrected chi connectivity index (χ3v) is 5.98. The minimum absolute atomic E-state index is 0.00337. The number of carbonyl (C=O) groups excluding carboxylic acids is 1. The molecular weight excluding hydrogens is 591 g/mol. The Balaban J connectivity index is 1.50. The maximum atomic E-state index is 12.4. The lowest BCUT2D eigenvalue weighted by Crippen LogP contribution is -2.37. The molecule has 2 rings (SSSR count). The molecule has 0 saturated heterocycles. The molecule has 35 heavy (non-hydrogen) atoms. The molecule has 1 heterocycles. The smallest absolute Gasteiger partial charge is 0.271 e. The van der Waals surface area contributed by atoms with E-state index in [0.29, 0.717) is 57.3 Å². The number of amides is 1. The third-order valence-electron chi connectivity index (χ3n) is 4.72. The Kier molecular flexibility index (Phi) is 13.8. The minimum atomic E-state index is -3.43. The number of halogens is 1. The van der Waals surface area contributed by atoms with Crippen molar-refractivity contribution in [2.45, 2.75) is 6.92 Å². The lowest BCUT2D eigenvalue weighted by atomic mass is 10.3. The predicted molar refractivity (Wildman–Crippen MR) is 140 cm³/mol. The van der Waals surface area contributed by atoms with Crippen molar-refractivity contribution in [3.63, 3.8) is 0 Å². The van der Waals surface area contributed by atoms with Crippen molar-refractivity contribution < 1.29 is 31.6 Å². The third kappa shape index (κ3) is 12.9. The van der Waals surface area contributed by atoms with Gasteiger partial charge in [0.2, 0.25) is 0 Å². The molecule has 0 unspecified atom stereocenters. The second-order valence-corrected chi connectivity index (χ2v) is 10.3. The molecule has 0 radical (unpaired) electrons. The molecule has 0 spiro atoms. The number of carbonyl (C=O) groups is 1. The van der Waals surface area contributed by atoms with E-state index in [1.54, 1.807) is 0 Å². The molecule has 0 fully saturated rings. The molecule has 0 bridgehead atoms. The summed E-state index contributed by atoms with van der Waals surface area (Å²) >= 11 is 2.21. The average Bonchev–Trinajstić information content (AvgIpc) is 2.82. The van der Waals surface area contributed by atoms with Crippen LogP contribution in [0.5, 0.6) is 0 Å². The largest absolute Gasteiger partial charge is 0.378 e. The maximum Gasteiger partial charge on any atom is 0.271 e. The van der Waals surface area contributed by atoms with Crippen LogP contribution < -0.4 is 5.32 Å². The summed E-state index contributed by atoms with van der Waals surface area (Å²) in [6.45, 7) is 7.22. The first-order valence-electron chi connectivity index (χ1n) is 11.3. The normalized spacial score (nSPS) is 11.9. The number of likely N-dealkylation sites (N-methyl/N-ethyl adjacent to an activating group) is 1. The van der Waals surface area contributed by atoms with Crippen LogP contribution in [-0.4, -0.2) is 108 Å². The fraction of sp³-hybridized carbons (Fsp3) is 0.591. The van der Waals surface area contributed by atoms with Crippen molar-refractivity contribution in [1.82, 2.24) is 20.2 Å². The van der Waals surface area contributed by atoms with Crippen molar-refractivity contribution in [2.75, 3.05) is 78.7 Å². The van der Waals surface area contributed by atoms with Gasteiger partial charge in [0, 0.05) is 23.2 Å². The van der Waals surface area contributed by atoms with Gasteiger partial charge >= 0.3 is 0 Å². The van der Waals surface area contributed by atoms with Gasteiger partial charge in [0.15, 0.2) is 0 Å². The molecule has 0 aliphatic rings. The number of hydrogen-bond acceptors (Lipinski definition) is 10. The number of fused-ring (bicyclic) bond motifs is 1. The van der Waals surface area contributed by atoms with E-state index in [4.69, 9.17) is 14.2 Å². The van der Waals surface area contributed by atoms with Gasteiger partial charge in [-0.15, -0.1) is 0 Å². The van der Waals surface area contributed by atoms with Crippen LogP contribution in [0.3, 0.4) is 0 Å². The van der Waals surface area contributed by atoms with E-state index < -0.39 is 10.1 Å². The van der Waals surface area contributed by atoms with E-state index in [9.17, 15) is 13.2 Å². The number of nitrogens with one attached hydrogen (secondary N) is 1. The summed E-state index contributed by atoms with van der Waals surface area (Å²) in [5, 5.41) is 2.90. The Hall–Kier alpha value is -1.49. The van der Waals surface area contributed by atoms with Crippen LogP contribution in [0.2, 0.25) is 0 Å². The van der Waals surface area contributed by atoms with Gasteiger partial charge in [0.25, 0.3) is 16.0 Å². The van der Waals surface area contributed by atoms with Crippen molar-refractivity contribution >= 4 is 49.6 Å². The monoisotopic (exact) mass is 624 g/mol. The van der Waals surface area contributed by atoms with Crippen LogP contribution in [0.25, 0.3) is 11.0 Å². The van der Waals surface area contributed by atoms with Crippen LogP contribution >= 0.6 is 22.6 Å². The van der Waals surface area contributed by atoms with Crippen molar-refractivity contribution in [3.05, 3.63) is 33.7 Å². The summed E-state index contributed by atoms with van der Waals surface area (Å²) in [5.41, 5.74) is 1.76. The molecule has 196 valence electrons. The van der Waals surface area contributed by atoms with Gasteiger partial charge in [-0.3, -0.25) is 18.9 Å². The maximum absolute atomic E-state index is 12.4. The topological polar surface area (TPSA) is 129 Å². The Morgan fingerprint density at radius 3 is 2.31 bits per heavy atom. The van der Waals surface area contributed by atoms with Crippen LogP contribution in [0.1, 0.15) is 17.4 Å². The van der Waals surface area contributed by atoms with E-state index in [-0.39, 0.29) is 19.1 Å². The lowest BCUT2D eigenvalue weighted by Gasteiger charge is -2.20. The van der Waals surface area contributed by atoms with Crippen molar-refractivity contribution in [1.29, 1.82) is 0 Å². The molecule has 0 aliphatic heterocycles. The highest BCUT2D eigenvalue weighted by atomic mass is 127. The van der Waals surface area contributed by atoms with Gasteiger partial charge in [0.1, 0.15) is 5.69 Å². The molecule has 1 N–H and O–H groups in total. The van der Waals surface area contributed by atoms with E-state index in [2.05, 4.69) is 53.9 Å².